The molecular weight excluding hydrogens is 337 g/mol. The van der Waals surface area contributed by atoms with Crippen LogP contribution in [-0.4, -0.2) is 61.7 Å². The summed E-state index contributed by atoms with van der Waals surface area (Å²) in [7, 11) is 0. The summed E-state index contributed by atoms with van der Waals surface area (Å²) < 4.78 is 30.4. The van der Waals surface area contributed by atoms with E-state index in [1.54, 1.807) is 0 Å². The fourth-order valence-electron chi connectivity index (χ4n) is 4.27. The van der Waals surface area contributed by atoms with Crippen LogP contribution in [0.5, 0.6) is 0 Å². The highest BCUT2D eigenvalue weighted by Gasteiger charge is 2.48. The molecule has 0 bridgehead atoms. The molecule has 4 heterocycles. The molecule has 3 fully saturated rings. The maximum Gasteiger partial charge on any atom is 0.225 e. The molecule has 0 unspecified atom stereocenters. The lowest BCUT2D eigenvalue weighted by atomic mass is 9.79. The van der Waals surface area contributed by atoms with Crippen molar-refractivity contribution in [2.24, 2.45) is 11.8 Å². The molecule has 1 spiro atoms. The monoisotopic (exact) mass is 365 g/mol. The van der Waals surface area contributed by atoms with Crippen molar-refractivity contribution in [2.75, 3.05) is 51.0 Å². The van der Waals surface area contributed by atoms with Crippen molar-refractivity contribution in [3.05, 3.63) is 18.2 Å². The van der Waals surface area contributed by atoms with Crippen molar-refractivity contribution in [1.82, 2.24) is 9.97 Å². The first-order chi connectivity index (χ1) is 12.7. The molecule has 7 heteroatoms. The second-order valence-corrected chi connectivity index (χ2v) is 7.87. The first-order valence-electron chi connectivity index (χ1n) is 9.74. The predicted octanol–water partition coefficient (Wildman–Crippen LogP) is 2.43. The summed E-state index contributed by atoms with van der Waals surface area (Å²) in [5, 5.41) is 0. The van der Waals surface area contributed by atoms with E-state index in [2.05, 4.69) is 14.9 Å². The van der Waals surface area contributed by atoms with Crippen LogP contribution in [0, 0.1) is 17.7 Å². The average molecular weight is 365 g/mol. The molecule has 1 atom stereocenters. The van der Waals surface area contributed by atoms with Gasteiger partial charge in [-0.1, -0.05) is 0 Å². The maximum absolute atomic E-state index is 13.0. The topological polar surface area (TPSA) is 56.7 Å². The van der Waals surface area contributed by atoms with Gasteiger partial charge in [0.05, 0.1) is 25.5 Å². The van der Waals surface area contributed by atoms with Crippen LogP contribution in [0.2, 0.25) is 0 Å². The zero-order chi connectivity index (χ0) is 17.8. The Morgan fingerprint density at radius 1 is 1.12 bits per heavy atom. The molecule has 0 aliphatic carbocycles. The van der Waals surface area contributed by atoms with Crippen molar-refractivity contribution in [2.45, 2.75) is 37.7 Å². The quantitative estimate of drug-likeness (QED) is 0.722. The number of rotatable bonds is 6. The summed E-state index contributed by atoms with van der Waals surface area (Å²) in [6.07, 6.45) is 7.95. The molecule has 0 N–H and O–H groups in total. The van der Waals surface area contributed by atoms with E-state index in [0.29, 0.717) is 17.8 Å². The van der Waals surface area contributed by atoms with Crippen LogP contribution in [0.1, 0.15) is 32.1 Å². The Bertz CT molecular complexity index is 574. The van der Waals surface area contributed by atoms with Gasteiger partial charge in [0.2, 0.25) is 5.95 Å². The Kier molecular flexibility index (Phi) is 5.66. The van der Waals surface area contributed by atoms with Crippen LogP contribution in [0.15, 0.2) is 12.4 Å². The number of hydrogen-bond acceptors (Lipinski definition) is 6. The summed E-state index contributed by atoms with van der Waals surface area (Å²) in [6, 6.07) is 0. The average Bonchev–Trinajstić information content (AvgIpc) is 2.65. The second kappa shape index (κ2) is 8.15. The third-order valence-corrected chi connectivity index (χ3v) is 5.81. The van der Waals surface area contributed by atoms with Gasteiger partial charge in [0, 0.05) is 33.0 Å². The summed E-state index contributed by atoms with van der Waals surface area (Å²) in [4.78, 5) is 10.2. The number of halogens is 1. The van der Waals surface area contributed by atoms with Gasteiger partial charge in [-0.25, -0.2) is 14.4 Å². The van der Waals surface area contributed by atoms with E-state index in [-0.39, 0.29) is 5.60 Å². The fraction of sp³-hybridized carbons (Fsp3) is 0.789. The van der Waals surface area contributed by atoms with Crippen LogP contribution in [0.4, 0.5) is 10.3 Å². The van der Waals surface area contributed by atoms with Crippen molar-refractivity contribution in [1.29, 1.82) is 0 Å². The third kappa shape index (κ3) is 4.32. The molecular formula is C19H28FN3O3. The molecule has 3 saturated heterocycles. The van der Waals surface area contributed by atoms with Gasteiger partial charge in [0.1, 0.15) is 5.60 Å². The minimum absolute atomic E-state index is 0.0820. The molecule has 0 radical (unpaired) electrons. The third-order valence-electron chi connectivity index (χ3n) is 5.81. The highest BCUT2D eigenvalue weighted by Crippen LogP contribution is 2.39. The largest absolute Gasteiger partial charge is 0.381 e. The molecule has 0 saturated carbocycles. The van der Waals surface area contributed by atoms with Gasteiger partial charge in [-0.15, -0.1) is 0 Å². The molecule has 144 valence electrons. The second-order valence-electron chi connectivity index (χ2n) is 7.87. The summed E-state index contributed by atoms with van der Waals surface area (Å²) >= 11 is 0. The van der Waals surface area contributed by atoms with Gasteiger partial charge in [-0.3, -0.25) is 0 Å². The van der Waals surface area contributed by atoms with E-state index in [1.165, 1.54) is 12.4 Å². The van der Waals surface area contributed by atoms with E-state index < -0.39 is 5.82 Å². The number of nitrogens with zero attached hydrogens (tertiary/aromatic N) is 3. The van der Waals surface area contributed by atoms with Crippen molar-refractivity contribution < 1.29 is 18.6 Å². The Balaban J connectivity index is 1.18. The van der Waals surface area contributed by atoms with Crippen LogP contribution in [0.25, 0.3) is 0 Å². The van der Waals surface area contributed by atoms with Crippen LogP contribution in [-0.2, 0) is 14.2 Å². The zero-order valence-electron chi connectivity index (χ0n) is 15.2. The van der Waals surface area contributed by atoms with E-state index in [1.807, 2.05) is 0 Å². The van der Waals surface area contributed by atoms with Crippen molar-refractivity contribution in [3.8, 4) is 0 Å². The van der Waals surface area contributed by atoms with Gasteiger partial charge < -0.3 is 19.1 Å². The Morgan fingerprint density at radius 2 is 1.85 bits per heavy atom. The fourth-order valence-corrected chi connectivity index (χ4v) is 4.27. The molecule has 6 nitrogen and oxygen atoms in total. The minimum atomic E-state index is -0.404. The molecule has 3 aliphatic heterocycles. The molecule has 0 amide bonds. The molecule has 26 heavy (non-hydrogen) atoms. The lowest BCUT2D eigenvalue weighted by molar-refractivity contribution is -0.117. The number of aromatic nitrogens is 2. The van der Waals surface area contributed by atoms with Crippen LogP contribution in [0.3, 0.4) is 0 Å². The Hall–Kier alpha value is -1.31. The summed E-state index contributed by atoms with van der Waals surface area (Å²) in [6.45, 7) is 5.85. The number of hydrogen-bond donors (Lipinski definition) is 0. The van der Waals surface area contributed by atoms with Crippen LogP contribution < -0.4 is 4.90 Å². The van der Waals surface area contributed by atoms with E-state index in [9.17, 15) is 4.39 Å². The van der Waals surface area contributed by atoms with Gasteiger partial charge in [-0.2, -0.15) is 0 Å². The molecule has 0 aromatic carbocycles. The molecule has 4 rings (SSSR count). The minimum Gasteiger partial charge on any atom is -0.381 e. The van der Waals surface area contributed by atoms with Crippen molar-refractivity contribution >= 4 is 5.95 Å². The first kappa shape index (κ1) is 18.1. The molecule has 3 aliphatic rings. The van der Waals surface area contributed by atoms with Crippen molar-refractivity contribution in [3.63, 3.8) is 0 Å². The maximum atomic E-state index is 13.0. The standard InChI is InChI=1S/C19H28FN3O3/c20-17-10-21-18(22-11-17)23-13-19(14-23)9-15(4-8-26-19)1-7-25-12-16-2-5-24-6-3-16/h10-11,15-16H,1-9,12-14H2/t15-/m0/s1. The zero-order valence-corrected chi connectivity index (χ0v) is 15.2. The van der Waals surface area contributed by atoms with E-state index >= 15 is 0 Å². The van der Waals surface area contributed by atoms with Gasteiger partial charge in [-0.05, 0) is 43.9 Å². The van der Waals surface area contributed by atoms with Gasteiger partial charge >= 0.3 is 0 Å². The predicted molar refractivity (Wildman–Crippen MR) is 94.6 cm³/mol. The summed E-state index contributed by atoms with van der Waals surface area (Å²) in [5.41, 5.74) is -0.0820. The number of ether oxygens (including phenoxy) is 3. The normalized spacial score (nSPS) is 26.0. The smallest absolute Gasteiger partial charge is 0.225 e. The Morgan fingerprint density at radius 3 is 2.62 bits per heavy atom. The summed E-state index contributed by atoms with van der Waals surface area (Å²) in [5.74, 6) is 1.50. The van der Waals surface area contributed by atoms with E-state index in [4.69, 9.17) is 14.2 Å². The number of anilines is 1. The molecule has 1 aromatic heterocycles. The van der Waals surface area contributed by atoms with Gasteiger partial charge in [0.15, 0.2) is 5.82 Å². The Labute approximate surface area is 154 Å². The van der Waals surface area contributed by atoms with E-state index in [0.717, 1.165) is 78.2 Å². The SMILES string of the molecule is Fc1cnc(N2CC3(C[C@@H](CCOCC4CCOCC4)CCO3)C2)nc1. The highest BCUT2D eigenvalue weighted by atomic mass is 19.1. The highest BCUT2D eigenvalue weighted by molar-refractivity contribution is 5.37. The van der Waals surface area contributed by atoms with Gasteiger partial charge in [0.25, 0.3) is 0 Å². The first-order valence-corrected chi connectivity index (χ1v) is 9.74. The molecule has 1 aromatic rings. The van der Waals surface area contributed by atoms with Crippen LogP contribution >= 0.6 is 0 Å². The lowest BCUT2D eigenvalue weighted by Crippen LogP contribution is -2.66. The lowest BCUT2D eigenvalue weighted by Gasteiger charge is -2.53.